The Hall–Kier alpha value is -3.00. The van der Waals surface area contributed by atoms with Gasteiger partial charge < -0.3 is 9.64 Å². The van der Waals surface area contributed by atoms with Crippen LogP contribution in [0.5, 0.6) is 0 Å². The zero-order chi connectivity index (χ0) is 23.1. The molecule has 1 saturated heterocycles. The standard InChI is InChI=1S/C24H31FN4O3/c1-4-13-32-14-11-18-10-12-29(15-18)24(31)27-17(3)26-21-16(2)20(22(25)28-23(21)30)19-8-6-5-7-9-19/h5-9,18H,4,10-15H2,1-3H3,(H,28,30)(H,26,27,31). The summed E-state index contributed by atoms with van der Waals surface area (Å²) >= 11 is 0. The third kappa shape index (κ3) is 5.82. The van der Waals surface area contributed by atoms with Gasteiger partial charge in [-0.05, 0) is 50.2 Å². The van der Waals surface area contributed by atoms with Gasteiger partial charge in [0.15, 0.2) is 0 Å². The summed E-state index contributed by atoms with van der Waals surface area (Å²) in [5, 5.41) is 2.75. The Kier molecular flexibility index (Phi) is 8.16. The maximum Gasteiger partial charge on any atom is 0.322 e. The molecule has 0 spiro atoms. The van der Waals surface area contributed by atoms with Crippen LogP contribution in [0.2, 0.25) is 0 Å². The number of H-pyrrole nitrogens is 1. The van der Waals surface area contributed by atoms with E-state index in [4.69, 9.17) is 4.74 Å². The topological polar surface area (TPSA) is 86.8 Å². The van der Waals surface area contributed by atoms with Crippen molar-refractivity contribution in [1.82, 2.24) is 15.2 Å². The number of carbonyl (C=O) groups is 1. The molecule has 0 radical (unpaired) electrons. The van der Waals surface area contributed by atoms with Gasteiger partial charge in [0, 0.05) is 31.9 Å². The molecular weight excluding hydrogens is 411 g/mol. The van der Waals surface area contributed by atoms with Crippen molar-refractivity contribution < 1.29 is 13.9 Å². The van der Waals surface area contributed by atoms with Crippen LogP contribution in [0.4, 0.5) is 14.9 Å². The Morgan fingerprint density at radius 2 is 2.06 bits per heavy atom. The predicted molar refractivity (Wildman–Crippen MR) is 124 cm³/mol. The number of amidine groups is 1. The van der Waals surface area contributed by atoms with Crippen molar-refractivity contribution >= 4 is 17.6 Å². The molecule has 2 heterocycles. The fourth-order valence-electron chi connectivity index (χ4n) is 3.94. The van der Waals surface area contributed by atoms with Crippen molar-refractivity contribution in [2.75, 3.05) is 26.3 Å². The van der Waals surface area contributed by atoms with Gasteiger partial charge in [-0.1, -0.05) is 37.3 Å². The van der Waals surface area contributed by atoms with E-state index in [0.29, 0.717) is 36.7 Å². The van der Waals surface area contributed by atoms with Crippen LogP contribution in [0, 0.1) is 18.8 Å². The number of aromatic amines is 1. The second-order valence-electron chi connectivity index (χ2n) is 8.11. The molecule has 1 unspecified atom stereocenters. The van der Waals surface area contributed by atoms with Crippen LogP contribution in [-0.2, 0) is 4.74 Å². The van der Waals surface area contributed by atoms with Gasteiger partial charge in [-0.3, -0.25) is 15.1 Å². The Morgan fingerprint density at radius 1 is 1.31 bits per heavy atom. The molecule has 7 nitrogen and oxygen atoms in total. The van der Waals surface area contributed by atoms with Crippen molar-refractivity contribution in [2.45, 2.75) is 40.0 Å². The van der Waals surface area contributed by atoms with E-state index in [1.165, 1.54) is 0 Å². The highest BCUT2D eigenvalue weighted by atomic mass is 19.1. The summed E-state index contributed by atoms with van der Waals surface area (Å²) in [5.74, 6) is -0.000202. The molecule has 1 aliphatic heterocycles. The summed E-state index contributed by atoms with van der Waals surface area (Å²) in [4.78, 5) is 33.3. The van der Waals surface area contributed by atoms with Crippen LogP contribution in [0.25, 0.3) is 11.1 Å². The highest BCUT2D eigenvalue weighted by molar-refractivity contribution is 5.97. The molecule has 0 aliphatic carbocycles. The maximum absolute atomic E-state index is 14.5. The van der Waals surface area contributed by atoms with Gasteiger partial charge in [-0.15, -0.1) is 0 Å². The quantitative estimate of drug-likeness (QED) is 0.289. The van der Waals surface area contributed by atoms with Crippen LogP contribution in [0.1, 0.15) is 38.7 Å². The monoisotopic (exact) mass is 442 g/mol. The molecule has 1 aliphatic rings. The van der Waals surface area contributed by atoms with Gasteiger partial charge in [-0.2, -0.15) is 4.39 Å². The van der Waals surface area contributed by atoms with Crippen LogP contribution in [-0.4, -0.2) is 48.1 Å². The highest BCUT2D eigenvalue weighted by Gasteiger charge is 2.26. The third-order valence-corrected chi connectivity index (χ3v) is 5.61. The summed E-state index contributed by atoms with van der Waals surface area (Å²) in [5.41, 5.74) is 0.787. The van der Waals surface area contributed by atoms with E-state index in [1.54, 1.807) is 43.0 Å². The van der Waals surface area contributed by atoms with E-state index in [1.807, 2.05) is 6.07 Å². The van der Waals surface area contributed by atoms with Crippen LogP contribution >= 0.6 is 0 Å². The lowest BCUT2D eigenvalue weighted by molar-refractivity contribution is 0.121. The Bertz CT molecular complexity index is 1020. The van der Waals surface area contributed by atoms with Gasteiger partial charge in [0.1, 0.15) is 11.5 Å². The molecule has 32 heavy (non-hydrogen) atoms. The lowest BCUT2D eigenvalue weighted by Crippen LogP contribution is -2.40. The molecule has 0 bridgehead atoms. The molecule has 3 rings (SSSR count). The van der Waals surface area contributed by atoms with Crippen molar-refractivity contribution in [3.63, 3.8) is 0 Å². The molecule has 1 aromatic heterocycles. The van der Waals surface area contributed by atoms with Gasteiger partial charge >= 0.3 is 6.03 Å². The smallest absolute Gasteiger partial charge is 0.322 e. The Labute approximate surface area is 187 Å². The summed E-state index contributed by atoms with van der Waals surface area (Å²) < 4.78 is 20.1. The first-order valence-corrected chi connectivity index (χ1v) is 11.1. The number of likely N-dealkylation sites (tertiary alicyclic amines) is 1. The van der Waals surface area contributed by atoms with Gasteiger partial charge in [0.05, 0.1) is 0 Å². The second-order valence-corrected chi connectivity index (χ2v) is 8.11. The molecule has 1 fully saturated rings. The van der Waals surface area contributed by atoms with Gasteiger partial charge in [0.25, 0.3) is 5.56 Å². The molecule has 1 atom stereocenters. The largest absolute Gasteiger partial charge is 0.381 e. The average Bonchev–Trinajstić information content (AvgIpc) is 3.24. The number of ether oxygens (including phenoxy) is 1. The average molecular weight is 443 g/mol. The van der Waals surface area contributed by atoms with Crippen molar-refractivity contribution in [3.05, 3.63) is 52.2 Å². The third-order valence-electron chi connectivity index (χ3n) is 5.61. The van der Waals surface area contributed by atoms with E-state index in [-0.39, 0.29) is 23.1 Å². The van der Waals surface area contributed by atoms with Gasteiger partial charge in [-0.25, -0.2) is 9.79 Å². The molecule has 2 amide bonds. The minimum Gasteiger partial charge on any atom is -0.381 e. The number of urea groups is 1. The molecule has 172 valence electrons. The minimum atomic E-state index is -0.703. The number of halogens is 1. The molecule has 2 N–H and O–H groups in total. The first-order chi connectivity index (χ1) is 15.4. The number of benzene rings is 1. The van der Waals surface area contributed by atoms with Gasteiger partial charge in [0.2, 0.25) is 5.95 Å². The summed E-state index contributed by atoms with van der Waals surface area (Å²) in [6, 6.07) is 8.72. The molecule has 8 heteroatoms. The number of aliphatic imine (C=N–C) groups is 1. The maximum atomic E-state index is 14.5. The molecule has 0 saturated carbocycles. The summed E-state index contributed by atoms with van der Waals surface area (Å²) in [6.45, 7) is 8.17. The Morgan fingerprint density at radius 3 is 2.78 bits per heavy atom. The zero-order valence-corrected chi connectivity index (χ0v) is 18.9. The summed E-state index contributed by atoms with van der Waals surface area (Å²) in [7, 11) is 0. The van der Waals surface area contributed by atoms with Crippen LogP contribution < -0.4 is 10.9 Å². The van der Waals surface area contributed by atoms with Crippen molar-refractivity contribution in [3.8, 4) is 11.1 Å². The lowest BCUT2D eigenvalue weighted by Gasteiger charge is -2.17. The van der Waals surface area contributed by atoms with Crippen molar-refractivity contribution in [1.29, 1.82) is 0 Å². The Balaban J connectivity index is 1.69. The normalized spacial score (nSPS) is 16.4. The number of carbonyl (C=O) groups excluding carboxylic acids is 1. The number of nitrogens with zero attached hydrogens (tertiary/aromatic N) is 2. The first kappa shape index (κ1) is 23.7. The molecule has 2 aromatic rings. The number of hydrogen-bond donors (Lipinski definition) is 2. The lowest BCUT2D eigenvalue weighted by atomic mass is 10.0. The highest BCUT2D eigenvalue weighted by Crippen LogP contribution is 2.29. The second kappa shape index (κ2) is 11.0. The molecular formula is C24H31FN4O3. The number of pyridine rings is 1. The van der Waals surface area contributed by atoms with E-state index < -0.39 is 11.5 Å². The first-order valence-electron chi connectivity index (χ1n) is 11.1. The fourth-order valence-corrected chi connectivity index (χ4v) is 3.94. The zero-order valence-electron chi connectivity index (χ0n) is 18.9. The van der Waals surface area contributed by atoms with E-state index in [0.717, 1.165) is 25.9 Å². The number of aromatic nitrogens is 1. The minimum absolute atomic E-state index is 0.0791. The van der Waals surface area contributed by atoms with Crippen LogP contribution in [0.15, 0.2) is 40.1 Å². The summed E-state index contributed by atoms with van der Waals surface area (Å²) in [6.07, 6.45) is 2.88. The van der Waals surface area contributed by atoms with E-state index in [2.05, 4.69) is 22.2 Å². The number of nitrogens with one attached hydrogen (secondary N) is 2. The van der Waals surface area contributed by atoms with E-state index in [9.17, 15) is 14.0 Å². The number of hydrogen-bond acceptors (Lipinski definition) is 4. The fraction of sp³-hybridized carbons (Fsp3) is 0.458. The van der Waals surface area contributed by atoms with Crippen LogP contribution in [0.3, 0.4) is 0 Å². The number of amides is 2. The van der Waals surface area contributed by atoms with Crippen molar-refractivity contribution in [2.24, 2.45) is 10.9 Å². The SMILES string of the molecule is CCCOCCC1CCN(C(=O)NC(C)=Nc2c(C)c(-c3ccccc3)c(F)[nH]c2=O)C1. The van der Waals surface area contributed by atoms with E-state index >= 15 is 0 Å². The predicted octanol–water partition coefficient (Wildman–Crippen LogP) is 4.39. The molecule has 1 aromatic carbocycles. The number of rotatable bonds is 7.